The molecule has 0 fully saturated rings. The Kier molecular flexibility index (Phi) is 4.84. The van der Waals surface area contributed by atoms with Crippen LogP contribution in [0.4, 0.5) is 4.39 Å². The first-order valence-corrected chi connectivity index (χ1v) is 6.44. The van der Waals surface area contributed by atoms with Crippen LogP contribution in [0.15, 0.2) is 47.6 Å². The molecule has 0 aliphatic carbocycles. The molecule has 2 aromatic rings. The summed E-state index contributed by atoms with van der Waals surface area (Å²) < 4.78 is 13.0. The molecule has 20 heavy (non-hydrogen) atoms. The first-order chi connectivity index (χ1) is 9.58. The van der Waals surface area contributed by atoms with E-state index in [0.717, 1.165) is 11.5 Å². The third-order valence-corrected chi connectivity index (χ3v) is 3.16. The van der Waals surface area contributed by atoms with Crippen molar-refractivity contribution in [1.29, 1.82) is 0 Å². The van der Waals surface area contributed by atoms with Crippen molar-refractivity contribution < 1.29 is 14.6 Å². The zero-order chi connectivity index (χ0) is 14.5. The normalized spacial score (nSPS) is 10.9. The van der Waals surface area contributed by atoms with Crippen LogP contribution in [0.2, 0.25) is 10.0 Å². The van der Waals surface area contributed by atoms with Gasteiger partial charge < -0.3 is 0 Å². The van der Waals surface area contributed by atoms with E-state index in [1.165, 1.54) is 24.4 Å². The van der Waals surface area contributed by atoms with Gasteiger partial charge in [0.25, 0.3) is 0 Å². The molecule has 2 N–H and O–H groups in total. The molecule has 0 saturated heterocycles. The van der Waals surface area contributed by atoms with Gasteiger partial charge in [-0.3, -0.25) is 0 Å². The Morgan fingerprint density at radius 3 is 2.45 bits per heavy atom. The minimum Gasteiger partial charge on any atom is -0.223 e. The Morgan fingerprint density at radius 1 is 1.15 bits per heavy atom. The Hall–Kier alpha value is -1.75. The maximum atomic E-state index is 13.0. The molecule has 2 rings (SSSR count). The van der Waals surface area contributed by atoms with Crippen molar-refractivity contribution in [3.8, 4) is 0 Å². The lowest BCUT2D eigenvalue weighted by atomic mass is 10.2. The smallest absolute Gasteiger partial charge is 0.223 e. The van der Waals surface area contributed by atoms with Crippen molar-refractivity contribution in [3.05, 3.63) is 69.5 Å². The quantitative estimate of drug-likeness (QED) is 0.529. The number of carbonyl (C=O) groups is 1. The van der Waals surface area contributed by atoms with Crippen LogP contribution >= 0.6 is 23.2 Å². The molecule has 2 aromatic carbocycles. The van der Waals surface area contributed by atoms with Gasteiger partial charge in [-0.25, -0.2) is 9.18 Å². The highest BCUT2D eigenvalue weighted by Crippen LogP contribution is 2.21. The molecule has 1 amide bonds. The summed E-state index contributed by atoms with van der Waals surface area (Å²) in [5.41, 5.74) is 1.85. The third-order valence-electron chi connectivity index (χ3n) is 2.50. The van der Waals surface area contributed by atoms with Gasteiger partial charge in [0.05, 0.1) is 21.8 Å². The van der Waals surface area contributed by atoms with Crippen LogP contribution in [0.1, 0.15) is 15.9 Å². The van der Waals surface area contributed by atoms with E-state index in [-0.39, 0.29) is 5.56 Å². The second-order valence-electron chi connectivity index (χ2n) is 3.92. The van der Waals surface area contributed by atoms with Gasteiger partial charge in [0.1, 0.15) is 5.82 Å². The number of hydrogen-bond acceptors (Lipinski definition) is 2. The van der Waals surface area contributed by atoms with Crippen molar-refractivity contribution in [2.75, 3.05) is 0 Å². The van der Waals surface area contributed by atoms with Gasteiger partial charge in [-0.05, 0) is 30.3 Å². The van der Waals surface area contributed by atoms with E-state index in [2.05, 4.69) is 5.10 Å². The summed E-state index contributed by atoms with van der Waals surface area (Å²) in [6.45, 7) is 0. The van der Waals surface area contributed by atoms with Crippen LogP contribution in [0.25, 0.3) is 0 Å². The van der Waals surface area contributed by atoms with Crippen LogP contribution in [0, 0.1) is 5.82 Å². The average molecular weight is 312 g/mol. The molecule has 0 aromatic heterocycles. The number of halogens is 3. The number of benzene rings is 2. The number of nitrogens with zero attached hydrogens (tertiary/aromatic N) is 1. The lowest BCUT2D eigenvalue weighted by Crippen LogP contribution is -2.82. The summed E-state index contributed by atoms with van der Waals surface area (Å²) in [6, 6.07) is 10.4. The average Bonchev–Trinajstić information content (AvgIpc) is 2.42. The Balaban J connectivity index is 2.09. The Bertz CT molecular complexity index is 654. The van der Waals surface area contributed by atoms with E-state index in [1.807, 2.05) is 0 Å². The number of primary amides is 1. The summed E-state index contributed by atoms with van der Waals surface area (Å²) in [4.78, 5) is 11.8. The summed E-state index contributed by atoms with van der Waals surface area (Å²) in [6.07, 6.45) is 1.39. The lowest BCUT2D eigenvalue weighted by Gasteiger charge is -1.99. The maximum absolute atomic E-state index is 13.0. The molecule has 0 aliphatic rings. The summed E-state index contributed by atoms with van der Waals surface area (Å²) in [5, 5.41) is 4.75. The largest absolute Gasteiger partial charge is 0.368 e. The number of hydrogen-bond donors (Lipinski definition) is 1. The molecule has 3 nitrogen and oxygen atoms in total. The molecule has 0 radical (unpaired) electrons. The van der Waals surface area contributed by atoms with Crippen molar-refractivity contribution in [2.24, 2.45) is 5.10 Å². The predicted octanol–water partition coefficient (Wildman–Crippen LogP) is 2.87. The molecule has 0 aliphatic heterocycles. The standard InChI is InChI=1S/C14H9Cl2FN2O/c15-12-5-2-6-13(16)11(12)8-18-19-14(20)9-3-1-4-10(17)7-9/h1-8H,(H,19,20)/p+1/b18-8+. The van der Waals surface area contributed by atoms with Gasteiger partial charge in [-0.2, -0.15) is 5.43 Å². The van der Waals surface area contributed by atoms with E-state index in [4.69, 9.17) is 23.2 Å². The summed E-state index contributed by atoms with van der Waals surface area (Å²) in [7, 11) is 0. The molecular formula is C14H10Cl2FN2O+. The van der Waals surface area contributed by atoms with E-state index in [1.54, 1.807) is 18.2 Å². The van der Waals surface area contributed by atoms with Gasteiger partial charge in [-0.1, -0.05) is 40.4 Å². The van der Waals surface area contributed by atoms with Crippen molar-refractivity contribution in [1.82, 2.24) is 0 Å². The molecule has 102 valence electrons. The molecular weight excluding hydrogens is 302 g/mol. The van der Waals surface area contributed by atoms with Crippen LogP contribution in [-0.4, -0.2) is 12.1 Å². The minimum absolute atomic E-state index is 0.229. The minimum atomic E-state index is -0.470. The highest BCUT2D eigenvalue weighted by atomic mass is 35.5. The second-order valence-corrected chi connectivity index (χ2v) is 4.73. The number of rotatable bonds is 3. The zero-order valence-electron chi connectivity index (χ0n) is 10.2. The second kappa shape index (κ2) is 6.61. The number of nitrogens with two attached hydrogens (primary N) is 1. The van der Waals surface area contributed by atoms with E-state index in [0.29, 0.717) is 15.6 Å². The maximum Gasteiger partial charge on any atom is 0.368 e. The van der Waals surface area contributed by atoms with Crippen molar-refractivity contribution in [2.45, 2.75) is 0 Å². The van der Waals surface area contributed by atoms with E-state index >= 15 is 0 Å². The van der Waals surface area contributed by atoms with Gasteiger partial charge >= 0.3 is 5.91 Å². The Labute approximate surface area is 125 Å². The number of carbonyl (C=O) groups excluding carboxylic acids is 1. The van der Waals surface area contributed by atoms with Gasteiger partial charge in [0, 0.05) is 5.56 Å². The topological polar surface area (TPSA) is 46.0 Å². The number of quaternary nitrogens is 1. The zero-order valence-corrected chi connectivity index (χ0v) is 11.7. The fourth-order valence-corrected chi connectivity index (χ4v) is 2.02. The molecule has 0 atom stereocenters. The SMILES string of the molecule is O=C([NH2+]/N=C/c1c(Cl)cccc1Cl)c1cccc(F)c1. The molecule has 0 bridgehead atoms. The van der Waals surface area contributed by atoms with Crippen LogP contribution in [-0.2, 0) is 0 Å². The highest BCUT2D eigenvalue weighted by Gasteiger charge is 2.10. The van der Waals surface area contributed by atoms with Crippen molar-refractivity contribution in [3.63, 3.8) is 0 Å². The van der Waals surface area contributed by atoms with Gasteiger partial charge in [0.15, 0.2) is 0 Å². The Morgan fingerprint density at radius 2 is 1.80 bits per heavy atom. The molecule has 6 heteroatoms. The molecule has 0 spiro atoms. The van der Waals surface area contributed by atoms with E-state index in [9.17, 15) is 9.18 Å². The third kappa shape index (κ3) is 3.63. The fraction of sp³-hybridized carbons (Fsp3) is 0. The fourth-order valence-electron chi connectivity index (χ4n) is 1.53. The monoisotopic (exact) mass is 311 g/mol. The van der Waals surface area contributed by atoms with Crippen LogP contribution in [0.5, 0.6) is 0 Å². The predicted molar refractivity (Wildman–Crippen MR) is 76.7 cm³/mol. The molecule has 0 unspecified atom stereocenters. The highest BCUT2D eigenvalue weighted by molar-refractivity contribution is 6.38. The molecule has 0 heterocycles. The first-order valence-electron chi connectivity index (χ1n) is 5.68. The molecule has 0 saturated carbocycles. The lowest BCUT2D eigenvalue weighted by molar-refractivity contribution is -0.560. The first kappa shape index (κ1) is 14.7. The van der Waals surface area contributed by atoms with Crippen molar-refractivity contribution >= 4 is 35.3 Å². The van der Waals surface area contributed by atoms with Crippen LogP contribution < -0.4 is 5.43 Å². The van der Waals surface area contributed by atoms with Crippen LogP contribution in [0.3, 0.4) is 0 Å². The van der Waals surface area contributed by atoms with Gasteiger partial charge in [0.2, 0.25) is 0 Å². The summed E-state index contributed by atoms with van der Waals surface area (Å²) >= 11 is 11.9. The number of amides is 1. The van der Waals surface area contributed by atoms with Gasteiger partial charge in [-0.15, -0.1) is 0 Å². The van der Waals surface area contributed by atoms with E-state index < -0.39 is 11.7 Å². The summed E-state index contributed by atoms with van der Waals surface area (Å²) in [5.74, 6) is -0.869.